The zero-order valence-corrected chi connectivity index (χ0v) is 23.0. The van der Waals surface area contributed by atoms with E-state index in [-0.39, 0.29) is 17.5 Å². The van der Waals surface area contributed by atoms with Crippen LogP contribution in [0.1, 0.15) is 19.4 Å². The average Bonchev–Trinajstić information content (AvgIpc) is 3.40. The van der Waals surface area contributed by atoms with E-state index in [1.807, 2.05) is 13.8 Å². The summed E-state index contributed by atoms with van der Waals surface area (Å²) in [5.41, 5.74) is 6.04. The maximum Gasteiger partial charge on any atom is 0.416 e. The number of benzene rings is 2. The van der Waals surface area contributed by atoms with Gasteiger partial charge in [-0.3, -0.25) is 5.10 Å². The molecule has 4 rings (SSSR count). The van der Waals surface area contributed by atoms with E-state index in [1.165, 1.54) is 30.0 Å². The van der Waals surface area contributed by atoms with Crippen molar-refractivity contribution in [1.29, 1.82) is 0 Å². The molecule has 40 heavy (non-hydrogen) atoms. The summed E-state index contributed by atoms with van der Waals surface area (Å²) in [6, 6.07) is 13.2. The molecule has 0 unspecified atom stereocenters. The van der Waals surface area contributed by atoms with Gasteiger partial charge in [0.25, 0.3) is 0 Å². The number of hydrogen-bond donors (Lipinski definition) is 3. The van der Waals surface area contributed by atoms with Crippen molar-refractivity contribution in [3.05, 3.63) is 60.2 Å². The number of methoxy groups -OCH3 is 1. The molecule has 0 saturated heterocycles. The predicted octanol–water partition coefficient (Wildman–Crippen LogP) is 6.18. The number of nitrogens with two attached hydrogens (primary N) is 1. The van der Waals surface area contributed by atoms with Gasteiger partial charge in [0.1, 0.15) is 11.6 Å². The summed E-state index contributed by atoms with van der Waals surface area (Å²) >= 11 is 1.39. The molecule has 2 aromatic carbocycles. The molecule has 4 aromatic rings. The third kappa shape index (κ3) is 9.39. The van der Waals surface area contributed by atoms with Crippen LogP contribution in [0.5, 0.6) is 11.6 Å². The number of anilines is 3. The highest BCUT2D eigenvalue weighted by Crippen LogP contribution is 2.31. The summed E-state index contributed by atoms with van der Waals surface area (Å²) in [7, 11) is 1.61. The minimum atomic E-state index is -4.44. The lowest BCUT2D eigenvalue weighted by molar-refractivity contribution is -0.137. The van der Waals surface area contributed by atoms with Crippen LogP contribution >= 0.6 is 11.8 Å². The highest BCUT2D eigenvalue weighted by Gasteiger charge is 2.30. The molecule has 2 heterocycles. The Hall–Kier alpha value is -3.88. The third-order valence-electron chi connectivity index (χ3n) is 4.87. The van der Waals surface area contributed by atoms with Crippen LogP contribution in [-0.2, 0) is 15.7 Å². The number of thioether (sulfide) groups is 1. The summed E-state index contributed by atoms with van der Waals surface area (Å²) in [5, 5.41) is 10.0. The molecule has 4 N–H and O–H groups in total. The van der Waals surface area contributed by atoms with Gasteiger partial charge in [-0.1, -0.05) is 31.7 Å². The predicted molar refractivity (Wildman–Crippen MR) is 148 cm³/mol. The first-order valence-corrected chi connectivity index (χ1v) is 13.3. The van der Waals surface area contributed by atoms with Crippen molar-refractivity contribution < 1.29 is 27.4 Å². The van der Waals surface area contributed by atoms with E-state index in [0.717, 1.165) is 12.1 Å². The van der Waals surface area contributed by atoms with E-state index < -0.39 is 11.7 Å². The van der Waals surface area contributed by atoms with Crippen LogP contribution in [0.2, 0.25) is 0 Å². The minimum Gasteiger partial charge on any atom is -0.439 e. The lowest BCUT2D eigenvalue weighted by atomic mass is 10.2. The van der Waals surface area contributed by atoms with E-state index in [9.17, 15) is 13.2 Å². The molecule has 14 heteroatoms. The Balaban J connectivity index is 0.00000216. The van der Waals surface area contributed by atoms with Crippen molar-refractivity contribution in [3.8, 4) is 23.0 Å². The van der Waals surface area contributed by atoms with Gasteiger partial charge in [-0.15, -0.1) is 5.10 Å². The molecule has 0 aliphatic rings. The Morgan fingerprint density at radius 3 is 2.48 bits per heavy atom. The fraction of sp³-hybridized carbons (Fsp3) is 0.308. The van der Waals surface area contributed by atoms with Crippen molar-refractivity contribution in [3.63, 3.8) is 0 Å². The van der Waals surface area contributed by atoms with Crippen LogP contribution in [0, 0.1) is 0 Å². The Kier molecular flexibility index (Phi) is 11.5. The van der Waals surface area contributed by atoms with E-state index in [0.29, 0.717) is 53.7 Å². The van der Waals surface area contributed by atoms with E-state index in [4.69, 9.17) is 19.9 Å². The first-order valence-electron chi connectivity index (χ1n) is 12.3. The summed E-state index contributed by atoms with van der Waals surface area (Å²) in [5.74, 6) is 2.27. The quantitative estimate of drug-likeness (QED) is 0.102. The number of aromatic nitrogens is 5. The summed E-state index contributed by atoms with van der Waals surface area (Å²) in [6.07, 6.45) is -4.44. The number of aromatic amines is 1. The van der Waals surface area contributed by atoms with E-state index in [1.54, 1.807) is 31.4 Å². The van der Waals surface area contributed by atoms with Crippen LogP contribution in [0.3, 0.4) is 0 Å². The fourth-order valence-electron chi connectivity index (χ4n) is 3.12. The Morgan fingerprint density at radius 1 is 0.975 bits per heavy atom. The largest absolute Gasteiger partial charge is 0.439 e. The van der Waals surface area contributed by atoms with Crippen molar-refractivity contribution >= 4 is 29.2 Å². The van der Waals surface area contributed by atoms with Crippen LogP contribution in [0.4, 0.5) is 30.6 Å². The second-order valence-corrected chi connectivity index (χ2v) is 8.77. The molecule has 0 spiro atoms. The van der Waals surface area contributed by atoms with Gasteiger partial charge in [0.05, 0.1) is 25.4 Å². The van der Waals surface area contributed by atoms with Crippen molar-refractivity contribution in [1.82, 2.24) is 25.1 Å². The van der Waals surface area contributed by atoms with Crippen LogP contribution < -0.4 is 15.8 Å². The van der Waals surface area contributed by atoms with Gasteiger partial charge < -0.3 is 25.3 Å². The molecule has 0 bridgehead atoms. The maximum atomic E-state index is 12.9. The number of alkyl halides is 3. The zero-order chi connectivity index (χ0) is 29.0. The molecule has 0 fully saturated rings. The van der Waals surface area contributed by atoms with Gasteiger partial charge in [0, 0.05) is 30.2 Å². The minimum absolute atomic E-state index is 0.130. The normalized spacial score (nSPS) is 11.1. The second kappa shape index (κ2) is 15.1. The first kappa shape index (κ1) is 30.7. The smallest absolute Gasteiger partial charge is 0.416 e. The molecule has 0 aliphatic heterocycles. The summed E-state index contributed by atoms with van der Waals surface area (Å²) in [4.78, 5) is 12.9. The Morgan fingerprint density at radius 2 is 1.75 bits per heavy atom. The molecule has 2 aromatic heterocycles. The molecule has 0 radical (unpaired) electrons. The molecule has 0 amide bonds. The van der Waals surface area contributed by atoms with Crippen molar-refractivity contribution in [2.24, 2.45) is 0 Å². The number of nitrogens with zero attached hydrogens (tertiary/aromatic N) is 4. The number of halogens is 3. The van der Waals surface area contributed by atoms with Gasteiger partial charge in [0.2, 0.25) is 11.8 Å². The lowest BCUT2D eigenvalue weighted by Gasteiger charge is -2.08. The molecule has 10 nitrogen and oxygen atoms in total. The number of rotatable bonds is 12. The highest BCUT2D eigenvalue weighted by molar-refractivity contribution is 7.99. The van der Waals surface area contributed by atoms with Gasteiger partial charge in [-0.2, -0.15) is 23.1 Å². The van der Waals surface area contributed by atoms with Crippen LogP contribution in [0.15, 0.2) is 59.8 Å². The number of nitrogen functional groups attached to an aromatic ring is 1. The maximum absolute atomic E-state index is 12.9. The molecule has 0 atom stereocenters. The van der Waals surface area contributed by atoms with Crippen molar-refractivity contribution in [2.75, 3.05) is 43.7 Å². The molecule has 0 saturated carbocycles. The molecule has 214 valence electrons. The second-order valence-electron chi connectivity index (χ2n) is 7.70. The van der Waals surface area contributed by atoms with Crippen LogP contribution in [-0.4, -0.2) is 57.8 Å². The van der Waals surface area contributed by atoms with Crippen LogP contribution in [0.25, 0.3) is 11.4 Å². The number of nitrogens with one attached hydrogen (secondary N) is 2. The Bertz CT molecular complexity index is 1340. The van der Waals surface area contributed by atoms with Gasteiger partial charge >= 0.3 is 6.18 Å². The van der Waals surface area contributed by atoms with E-state index >= 15 is 0 Å². The summed E-state index contributed by atoms with van der Waals surface area (Å²) < 4.78 is 55.0. The monoisotopic (exact) mass is 577 g/mol. The lowest BCUT2D eigenvalue weighted by Crippen LogP contribution is -2.05. The van der Waals surface area contributed by atoms with Gasteiger partial charge in [-0.25, -0.2) is 4.98 Å². The van der Waals surface area contributed by atoms with E-state index in [2.05, 4.69) is 30.5 Å². The third-order valence-corrected chi connectivity index (χ3v) is 5.69. The number of ether oxygens (including phenoxy) is 3. The Labute approximate surface area is 233 Å². The van der Waals surface area contributed by atoms with Gasteiger partial charge in [0.15, 0.2) is 11.0 Å². The van der Waals surface area contributed by atoms with Crippen molar-refractivity contribution in [2.45, 2.75) is 25.2 Å². The number of H-pyrrole nitrogens is 1. The SMILES string of the molecule is CC.COCCOCCSc1nc(N)cc(Oc2ccc(-c3nc(Nc4cccc(C(F)(F)F)c4)n[nH]3)cc2)n1. The average molecular weight is 578 g/mol. The molecule has 0 aliphatic carbocycles. The standard InChI is InChI=1S/C24H24F3N7O3S.C2H6/c1-35-9-10-36-11-12-38-23-30-19(28)14-20(31-23)37-18-7-5-15(6-8-18)21-32-22(34-33-21)29-17-4-2-3-16(13-17)24(25,26)27;1-2/h2-8,13-14H,9-12H2,1H3,(H2,28,30,31)(H2,29,32,33,34);1-2H3. The number of hydrogen-bond acceptors (Lipinski definition) is 10. The topological polar surface area (TPSA) is 133 Å². The summed E-state index contributed by atoms with van der Waals surface area (Å²) in [6.45, 7) is 5.56. The van der Waals surface area contributed by atoms with Gasteiger partial charge in [-0.05, 0) is 42.5 Å². The first-order chi connectivity index (χ1) is 19.3. The fourth-order valence-corrected chi connectivity index (χ4v) is 3.83. The highest BCUT2D eigenvalue weighted by atomic mass is 32.2. The zero-order valence-electron chi connectivity index (χ0n) is 22.2. The molecular weight excluding hydrogens is 547 g/mol. The molecular formula is C26H30F3N7O3S.